The number of carbonyl (C=O) groups is 1. The van der Waals surface area contributed by atoms with Crippen molar-refractivity contribution in [2.75, 3.05) is 13.2 Å². The summed E-state index contributed by atoms with van der Waals surface area (Å²) in [6.45, 7) is 7.40. The first kappa shape index (κ1) is 18.6. The second kappa shape index (κ2) is 9.55. The van der Waals surface area contributed by atoms with Crippen LogP contribution in [0.4, 0.5) is 4.79 Å². The molecule has 1 atom stereocenters. The number of ether oxygens (including phenoxy) is 1. The summed E-state index contributed by atoms with van der Waals surface area (Å²) in [5.41, 5.74) is 2.19. The second-order valence-corrected chi connectivity index (χ2v) is 6.89. The van der Waals surface area contributed by atoms with Crippen LogP contribution in [0.2, 0.25) is 0 Å². The molecule has 1 saturated carbocycles. The van der Waals surface area contributed by atoms with Gasteiger partial charge >= 0.3 is 6.03 Å². The van der Waals surface area contributed by atoms with Crippen molar-refractivity contribution in [3.63, 3.8) is 0 Å². The van der Waals surface area contributed by atoms with E-state index in [2.05, 4.69) is 23.6 Å². The van der Waals surface area contributed by atoms with Crippen LogP contribution in [0.25, 0.3) is 0 Å². The highest BCUT2D eigenvalue weighted by Crippen LogP contribution is 2.27. The fourth-order valence-corrected chi connectivity index (χ4v) is 3.48. The van der Waals surface area contributed by atoms with Crippen molar-refractivity contribution < 1.29 is 9.53 Å². The molecule has 0 bridgehead atoms. The number of amides is 2. The molecular weight excluding hydrogens is 300 g/mol. The summed E-state index contributed by atoms with van der Waals surface area (Å²) in [4.78, 5) is 12.2. The molecule has 0 radical (unpaired) electrons. The maximum atomic E-state index is 12.2. The largest absolute Gasteiger partial charge is 0.494 e. The summed E-state index contributed by atoms with van der Waals surface area (Å²) in [5, 5.41) is 6.04. The normalized spacial score (nSPS) is 16.5. The Morgan fingerprint density at radius 3 is 2.75 bits per heavy atom. The van der Waals surface area contributed by atoms with Gasteiger partial charge in [0.2, 0.25) is 0 Å². The number of rotatable bonds is 7. The molecule has 1 aromatic carbocycles. The summed E-state index contributed by atoms with van der Waals surface area (Å²) in [6, 6.07) is 5.92. The summed E-state index contributed by atoms with van der Waals surface area (Å²) < 4.78 is 5.68. The van der Waals surface area contributed by atoms with Gasteiger partial charge in [-0.15, -0.1) is 0 Å². The first-order valence-corrected chi connectivity index (χ1v) is 9.38. The smallest absolute Gasteiger partial charge is 0.315 e. The van der Waals surface area contributed by atoms with Gasteiger partial charge in [-0.3, -0.25) is 0 Å². The summed E-state index contributed by atoms with van der Waals surface area (Å²) >= 11 is 0. The zero-order valence-corrected chi connectivity index (χ0v) is 15.4. The molecule has 0 aromatic heterocycles. The molecule has 0 saturated heterocycles. The van der Waals surface area contributed by atoms with Gasteiger partial charge in [-0.25, -0.2) is 4.79 Å². The van der Waals surface area contributed by atoms with Crippen LogP contribution in [0.1, 0.15) is 69.5 Å². The Bertz CT molecular complexity index is 524. The SMILES string of the molecule is CCOc1ccc(C)cc1C(C)NC(=O)NCCC1CCCCC1. The van der Waals surface area contributed by atoms with Crippen molar-refractivity contribution in [3.8, 4) is 5.75 Å². The average molecular weight is 332 g/mol. The number of carbonyl (C=O) groups excluding carboxylic acids is 1. The van der Waals surface area contributed by atoms with E-state index < -0.39 is 0 Å². The minimum absolute atomic E-state index is 0.0823. The van der Waals surface area contributed by atoms with E-state index in [0.29, 0.717) is 6.61 Å². The zero-order chi connectivity index (χ0) is 17.4. The molecule has 1 fully saturated rings. The van der Waals surface area contributed by atoms with Gasteiger partial charge in [0.05, 0.1) is 12.6 Å². The molecule has 0 heterocycles. The van der Waals surface area contributed by atoms with Crippen molar-refractivity contribution in [1.29, 1.82) is 0 Å². The average Bonchev–Trinajstić information content (AvgIpc) is 2.57. The molecule has 1 unspecified atom stereocenters. The minimum Gasteiger partial charge on any atom is -0.494 e. The van der Waals surface area contributed by atoms with Gasteiger partial charge in [0.15, 0.2) is 0 Å². The zero-order valence-electron chi connectivity index (χ0n) is 15.4. The van der Waals surface area contributed by atoms with Gasteiger partial charge in [-0.05, 0) is 39.2 Å². The number of aryl methyl sites for hydroxylation is 1. The maximum absolute atomic E-state index is 12.2. The summed E-state index contributed by atoms with van der Waals surface area (Å²) in [6.07, 6.45) is 7.81. The molecule has 134 valence electrons. The standard InChI is InChI=1S/C20H32N2O2/c1-4-24-19-11-10-15(2)14-18(19)16(3)22-20(23)21-13-12-17-8-6-5-7-9-17/h10-11,14,16-17H,4-9,12-13H2,1-3H3,(H2,21,22,23). The van der Waals surface area contributed by atoms with Crippen LogP contribution >= 0.6 is 0 Å². The lowest BCUT2D eigenvalue weighted by Crippen LogP contribution is -2.38. The summed E-state index contributed by atoms with van der Waals surface area (Å²) in [7, 11) is 0. The third-order valence-corrected chi connectivity index (χ3v) is 4.84. The second-order valence-electron chi connectivity index (χ2n) is 6.89. The number of nitrogens with one attached hydrogen (secondary N) is 2. The van der Waals surface area contributed by atoms with Gasteiger partial charge in [0.25, 0.3) is 0 Å². The van der Waals surface area contributed by atoms with Crippen molar-refractivity contribution in [2.45, 2.75) is 65.3 Å². The van der Waals surface area contributed by atoms with E-state index in [9.17, 15) is 4.79 Å². The predicted molar refractivity (Wildman–Crippen MR) is 98.5 cm³/mol. The molecule has 0 spiro atoms. The fourth-order valence-electron chi connectivity index (χ4n) is 3.48. The molecule has 2 rings (SSSR count). The Morgan fingerprint density at radius 2 is 2.04 bits per heavy atom. The lowest BCUT2D eigenvalue weighted by atomic mass is 9.87. The highest BCUT2D eigenvalue weighted by molar-refractivity contribution is 5.74. The van der Waals surface area contributed by atoms with E-state index in [4.69, 9.17) is 4.74 Å². The van der Waals surface area contributed by atoms with Crippen molar-refractivity contribution in [2.24, 2.45) is 5.92 Å². The third-order valence-electron chi connectivity index (χ3n) is 4.84. The van der Waals surface area contributed by atoms with Gasteiger partial charge in [-0.2, -0.15) is 0 Å². The molecule has 2 N–H and O–H groups in total. The maximum Gasteiger partial charge on any atom is 0.315 e. The van der Waals surface area contributed by atoms with E-state index in [1.165, 1.54) is 37.7 Å². The van der Waals surface area contributed by atoms with Crippen LogP contribution < -0.4 is 15.4 Å². The van der Waals surface area contributed by atoms with Gasteiger partial charge in [0, 0.05) is 12.1 Å². The molecule has 4 nitrogen and oxygen atoms in total. The Labute approximate surface area is 146 Å². The van der Waals surface area contributed by atoms with Gasteiger partial charge in [0.1, 0.15) is 5.75 Å². The van der Waals surface area contributed by atoms with E-state index in [-0.39, 0.29) is 12.1 Å². The van der Waals surface area contributed by atoms with Gasteiger partial charge < -0.3 is 15.4 Å². The molecule has 1 aliphatic carbocycles. The van der Waals surface area contributed by atoms with Gasteiger partial charge in [-0.1, -0.05) is 49.8 Å². The molecule has 2 amide bonds. The van der Waals surface area contributed by atoms with Crippen LogP contribution in [0.15, 0.2) is 18.2 Å². The van der Waals surface area contributed by atoms with E-state index >= 15 is 0 Å². The number of hydrogen-bond acceptors (Lipinski definition) is 2. The predicted octanol–water partition coefficient (Wildman–Crippen LogP) is 4.72. The van der Waals surface area contributed by atoms with Crippen molar-refractivity contribution >= 4 is 6.03 Å². The Hall–Kier alpha value is -1.71. The van der Waals surface area contributed by atoms with E-state index in [0.717, 1.165) is 30.2 Å². The number of benzene rings is 1. The molecule has 24 heavy (non-hydrogen) atoms. The Balaban J connectivity index is 1.81. The van der Waals surface area contributed by atoms with Crippen molar-refractivity contribution in [3.05, 3.63) is 29.3 Å². The van der Waals surface area contributed by atoms with Crippen LogP contribution in [0, 0.1) is 12.8 Å². The molecule has 1 aromatic rings. The van der Waals surface area contributed by atoms with Crippen LogP contribution in [-0.4, -0.2) is 19.2 Å². The number of hydrogen-bond donors (Lipinski definition) is 2. The minimum atomic E-state index is -0.0951. The van der Waals surface area contributed by atoms with E-state index in [1.807, 2.05) is 26.0 Å². The van der Waals surface area contributed by atoms with Crippen LogP contribution in [0.5, 0.6) is 5.75 Å². The lowest BCUT2D eigenvalue weighted by Gasteiger charge is -2.22. The van der Waals surface area contributed by atoms with Crippen molar-refractivity contribution in [1.82, 2.24) is 10.6 Å². The molecule has 0 aliphatic heterocycles. The quantitative estimate of drug-likeness (QED) is 0.759. The Morgan fingerprint density at radius 1 is 1.29 bits per heavy atom. The number of urea groups is 1. The van der Waals surface area contributed by atoms with E-state index in [1.54, 1.807) is 0 Å². The van der Waals surface area contributed by atoms with Crippen LogP contribution in [-0.2, 0) is 0 Å². The molecule has 4 heteroatoms. The van der Waals surface area contributed by atoms with Crippen LogP contribution in [0.3, 0.4) is 0 Å². The lowest BCUT2D eigenvalue weighted by molar-refractivity contribution is 0.235. The highest BCUT2D eigenvalue weighted by atomic mass is 16.5. The first-order chi connectivity index (χ1) is 11.6. The highest BCUT2D eigenvalue weighted by Gasteiger charge is 2.16. The fraction of sp³-hybridized carbons (Fsp3) is 0.650. The topological polar surface area (TPSA) is 50.4 Å². The molecule has 1 aliphatic rings. The Kier molecular flexibility index (Phi) is 7.41. The first-order valence-electron chi connectivity index (χ1n) is 9.38. The molecular formula is C20H32N2O2. The monoisotopic (exact) mass is 332 g/mol. The summed E-state index contributed by atoms with van der Waals surface area (Å²) in [5.74, 6) is 1.64. The third kappa shape index (κ3) is 5.73.